The average Bonchev–Trinajstić information content (AvgIpc) is 2.87. The Morgan fingerprint density at radius 2 is 1.81 bits per heavy atom. The predicted molar refractivity (Wildman–Crippen MR) is 105 cm³/mol. The number of aromatic nitrogens is 3. The number of pyridine rings is 1. The van der Waals surface area contributed by atoms with Gasteiger partial charge in [0, 0.05) is 31.7 Å². The van der Waals surface area contributed by atoms with E-state index in [1.807, 2.05) is 24.9 Å². The lowest BCUT2D eigenvalue weighted by Crippen LogP contribution is -2.18. The number of ether oxygens (including phenoxy) is 1. The molecular weight excluding hydrogens is 324 g/mol. The predicted octanol–water partition coefficient (Wildman–Crippen LogP) is 3.88. The summed E-state index contributed by atoms with van der Waals surface area (Å²) in [5.41, 5.74) is 5.45. The molecule has 0 spiro atoms. The van der Waals surface area contributed by atoms with Crippen molar-refractivity contribution in [2.24, 2.45) is 7.05 Å². The van der Waals surface area contributed by atoms with E-state index in [9.17, 15) is 0 Å². The van der Waals surface area contributed by atoms with Gasteiger partial charge in [-0.25, -0.2) is 4.98 Å². The number of hydrogen-bond donors (Lipinski definition) is 1. The quantitative estimate of drug-likeness (QED) is 0.731. The van der Waals surface area contributed by atoms with Gasteiger partial charge >= 0.3 is 0 Å². The van der Waals surface area contributed by atoms with E-state index >= 15 is 0 Å². The van der Waals surface area contributed by atoms with Gasteiger partial charge in [-0.3, -0.25) is 4.68 Å². The molecule has 5 nitrogen and oxygen atoms in total. The van der Waals surface area contributed by atoms with Gasteiger partial charge in [0.05, 0.1) is 17.9 Å². The highest BCUT2D eigenvalue weighted by Gasteiger charge is 2.10. The highest BCUT2D eigenvalue weighted by molar-refractivity contribution is 5.78. The zero-order chi connectivity index (χ0) is 18.7. The Labute approximate surface area is 155 Å². The van der Waals surface area contributed by atoms with Crippen LogP contribution < -0.4 is 5.32 Å². The molecule has 0 amide bonds. The molecule has 3 aromatic rings. The number of rotatable bonds is 6. The minimum atomic E-state index is -0.121. The Kier molecular flexibility index (Phi) is 5.39. The van der Waals surface area contributed by atoms with E-state index in [4.69, 9.17) is 4.74 Å². The highest BCUT2D eigenvalue weighted by atomic mass is 16.5. The molecule has 2 aromatic heterocycles. The number of benzene rings is 1. The van der Waals surface area contributed by atoms with E-state index in [1.165, 1.54) is 16.7 Å². The first-order chi connectivity index (χ1) is 12.3. The second-order valence-electron chi connectivity index (χ2n) is 7.75. The lowest BCUT2D eigenvalue weighted by atomic mass is 10.1. The second kappa shape index (κ2) is 7.56. The van der Waals surface area contributed by atoms with Crippen LogP contribution in [0, 0.1) is 6.92 Å². The Balaban J connectivity index is 1.59. The summed E-state index contributed by atoms with van der Waals surface area (Å²) in [6, 6.07) is 10.7. The summed E-state index contributed by atoms with van der Waals surface area (Å²) >= 11 is 0. The van der Waals surface area contributed by atoms with Crippen molar-refractivity contribution in [1.29, 1.82) is 0 Å². The third kappa shape index (κ3) is 4.68. The van der Waals surface area contributed by atoms with Gasteiger partial charge in [-0.2, -0.15) is 5.10 Å². The molecule has 5 heteroatoms. The summed E-state index contributed by atoms with van der Waals surface area (Å²) in [7, 11) is 1.93. The Morgan fingerprint density at radius 3 is 2.58 bits per heavy atom. The summed E-state index contributed by atoms with van der Waals surface area (Å²) in [6.45, 7) is 10.5. The number of fused-ring (bicyclic) bond motifs is 1. The SMILES string of the molecule is Cc1nn(C)c2ncc(CNCc3cccc(COC(C)(C)C)c3)cc12. The molecule has 0 atom stereocenters. The van der Waals surface area contributed by atoms with Crippen LogP contribution >= 0.6 is 0 Å². The van der Waals surface area contributed by atoms with Crippen LogP contribution in [0.1, 0.15) is 43.2 Å². The fourth-order valence-corrected chi connectivity index (χ4v) is 2.93. The minimum absolute atomic E-state index is 0.121. The van der Waals surface area contributed by atoms with Crippen molar-refractivity contribution < 1.29 is 4.74 Å². The normalized spacial score (nSPS) is 12.0. The lowest BCUT2D eigenvalue weighted by Gasteiger charge is -2.19. The summed E-state index contributed by atoms with van der Waals surface area (Å²) in [4.78, 5) is 4.53. The standard InChI is InChI=1S/C21H28N4O/c1-15-19-10-18(13-23-20(19)25(5)24-15)12-22-11-16-7-6-8-17(9-16)14-26-21(2,3)4/h6-10,13,22H,11-12,14H2,1-5H3. The summed E-state index contributed by atoms with van der Waals surface area (Å²) in [5.74, 6) is 0. The van der Waals surface area contributed by atoms with Crippen molar-refractivity contribution in [1.82, 2.24) is 20.1 Å². The molecule has 0 aliphatic heterocycles. The summed E-state index contributed by atoms with van der Waals surface area (Å²) < 4.78 is 7.69. The van der Waals surface area contributed by atoms with Crippen molar-refractivity contribution in [3.63, 3.8) is 0 Å². The van der Waals surface area contributed by atoms with E-state index in [2.05, 4.69) is 66.5 Å². The Morgan fingerprint density at radius 1 is 1.08 bits per heavy atom. The van der Waals surface area contributed by atoms with E-state index < -0.39 is 0 Å². The summed E-state index contributed by atoms with van der Waals surface area (Å²) in [5, 5.41) is 9.04. The molecule has 0 aliphatic rings. The highest BCUT2D eigenvalue weighted by Crippen LogP contribution is 2.17. The molecule has 0 saturated heterocycles. The summed E-state index contributed by atoms with van der Waals surface area (Å²) in [6.07, 6.45) is 1.92. The fraction of sp³-hybridized carbons (Fsp3) is 0.429. The molecule has 2 heterocycles. The van der Waals surface area contributed by atoms with E-state index in [0.717, 1.165) is 29.8 Å². The van der Waals surface area contributed by atoms with Crippen molar-refractivity contribution in [3.8, 4) is 0 Å². The molecule has 1 N–H and O–H groups in total. The average molecular weight is 352 g/mol. The van der Waals surface area contributed by atoms with Gasteiger partial charge in [0.1, 0.15) is 0 Å². The van der Waals surface area contributed by atoms with Gasteiger partial charge in [-0.05, 0) is 50.5 Å². The molecule has 0 unspecified atom stereocenters. The van der Waals surface area contributed by atoms with Gasteiger partial charge in [-0.1, -0.05) is 24.3 Å². The van der Waals surface area contributed by atoms with Crippen LogP contribution in [0.25, 0.3) is 11.0 Å². The number of nitrogens with one attached hydrogen (secondary N) is 1. The smallest absolute Gasteiger partial charge is 0.157 e. The lowest BCUT2D eigenvalue weighted by molar-refractivity contribution is -0.0149. The molecule has 0 saturated carbocycles. The van der Waals surface area contributed by atoms with Crippen LogP contribution in [-0.2, 0) is 31.5 Å². The van der Waals surface area contributed by atoms with Gasteiger partial charge in [0.2, 0.25) is 0 Å². The van der Waals surface area contributed by atoms with Crippen molar-refractivity contribution in [2.75, 3.05) is 0 Å². The van der Waals surface area contributed by atoms with Crippen molar-refractivity contribution in [3.05, 3.63) is 58.9 Å². The molecular formula is C21H28N4O. The molecule has 138 valence electrons. The Hall–Kier alpha value is -2.24. The molecule has 0 fully saturated rings. The van der Waals surface area contributed by atoms with Gasteiger partial charge < -0.3 is 10.1 Å². The van der Waals surface area contributed by atoms with Crippen molar-refractivity contribution >= 4 is 11.0 Å². The van der Waals surface area contributed by atoms with Crippen LogP contribution in [0.5, 0.6) is 0 Å². The van der Waals surface area contributed by atoms with Crippen LogP contribution in [0.2, 0.25) is 0 Å². The van der Waals surface area contributed by atoms with E-state index in [1.54, 1.807) is 0 Å². The Bertz CT molecular complexity index is 893. The van der Waals surface area contributed by atoms with Crippen LogP contribution in [0.15, 0.2) is 36.5 Å². The maximum Gasteiger partial charge on any atom is 0.157 e. The number of hydrogen-bond acceptors (Lipinski definition) is 4. The molecule has 0 aliphatic carbocycles. The molecule has 3 rings (SSSR count). The number of nitrogens with zero attached hydrogens (tertiary/aromatic N) is 3. The van der Waals surface area contributed by atoms with Crippen LogP contribution in [0.4, 0.5) is 0 Å². The second-order valence-corrected chi connectivity index (χ2v) is 7.75. The maximum atomic E-state index is 5.86. The first-order valence-electron chi connectivity index (χ1n) is 9.02. The third-order valence-corrected chi connectivity index (χ3v) is 4.24. The zero-order valence-corrected chi connectivity index (χ0v) is 16.3. The zero-order valence-electron chi connectivity index (χ0n) is 16.3. The van der Waals surface area contributed by atoms with E-state index in [0.29, 0.717) is 6.61 Å². The third-order valence-electron chi connectivity index (χ3n) is 4.24. The molecule has 26 heavy (non-hydrogen) atoms. The van der Waals surface area contributed by atoms with Crippen LogP contribution in [-0.4, -0.2) is 20.4 Å². The first kappa shape index (κ1) is 18.5. The molecule has 0 bridgehead atoms. The first-order valence-corrected chi connectivity index (χ1v) is 9.02. The maximum absolute atomic E-state index is 5.86. The number of aryl methyl sites for hydroxylation is 2. The topological polar surface area (TPSA) is 52.0 Å². The van der Waals surface area contributed by atoms with Gasteiger partial charge in [-0.15, -0.1) is 0 Å². The minimum Gasteiger partial charge on any atom is -0.371 e. The monoisotopic (exact) mass is 352 g/mol. The van der Waals surface area contributed by atoms with Gasteiger partial charge in [0.15, 0.2) is 5.65 Å². The molecule has 0 radical (unpaired) electrons. The fourth-order valence-electron chi connectivity index (χ4n) is 2.93. The molecule has 1 aromatic carbocycles. The largest absolute Gasteiger partial charge is 0.371 e. The van der Waals surface area contributed by atoms with Crippen LogP contribution in [0.3, 0.4) is 0 Å². The van der Waals surface area contributed by atoms with Gasteiger partial charge in [0.25, 0.3) is 0 Å². The van der Waals surface area contributed by atoms with E-state index in [-0.39, 0.29) is 5.60 Å². The van der Waals surface area contributed by atoms with Crippen molar-refractivity contribution in [2.45, 2.75) is 53.0 Å².